The van der Waals surface area contributed by atoms with E-state index in [1.54, 1.807) is 24.5 Å². The molecule has 0 aromatic carbocycles. The highest BCUT2D eigenvalue weighted by Crippen LogP contribution is 1.77. The standard InChI is InChI=1S/C8H9NO3/c10-8(11)4-7-12-9-5-2-1-3-6-9/h1-3,5-6H,4,7H2/p+1. The molecule has 1 aromatic heterocycles. The summed E-state index contributed by atoms with van der Waals surface area (Å²) in [7, 11) is 0. The monoisotopic (exact) mass is 168 g/mol. The van der Waals surface area contributed by atoms with Crippen molar-refractivity contribution in [3.05, 3.63) is 30.6 Å². The Labute approximate surface area is 70.0 Å². The average molecular weight is 168 g/mol. The van der Waals surface area contributed by atoms with Crippen LogP contribution >= 0.6 is 0 Å². The van der Waals surface area contributed by atoms with Crippen molar-refractivity contribution in [3.63, 3.8) is 0 Å². The third-order valence-corrected chi connectivity index (χ3v) is 1.24. The maximum Gasteiger partial charge on any atom is 0.307 e. The number of carboxylic acids is 1. The van der Waals surface area contributed by atoms with Gasteiger partial charge in [-0.05, 0) is 0 Å². The molecular formula is C8H10NO3+. The molecule has 0 aliphatic carbocycles. The Morgan fingerprint density at radius 1 is 1.33 bits per heavy atom. The van der Waals surface area contributed by atoms with E-state index in [2.05, 4.69) is 0 Å². The second-order valence-electron chi connectivity index (χ2n) is 2.21. The largest absolute Gasteiger partial charge is 0.481 e. The van der Waals surface area contributed by atoms with Gasteiger partial charge in [0.25, 0.3) is 0 Å². The molecule has 0 saturated heterocycles. The predicted molar refractivity (Wildman–Crippen MR) is 40.3 cm³/mol. The van der Waals surface area contributed by atoms with Crippen LogP contribution in [0.5, 0.6) is 0 Å². The number of pyridine rings is 1. The van der Waals surface area contributed by atoms with Crippen molar-refractivity contribution < 1.29 is 19.5 Å². The van der Waals surface area contributed by atoms with Gasteiger partial charge >= 0.3 is 5.97 Å². The van der Waals surface area contributed by atoms with E-state index in [1.807, 2.05) is 6.07 Å². The molecule has 0 bridgehead atoms. The van der Waals surface area contributed by atoms with Crippen LogP contribution < -0.4 is 9.57 Å². The lowest BCUT2D eigenvalue weighted by molar-refractivity contribution is -0.891. The van der Waals surface area contributed by atoms with Crippen molar-refractivity contribution >= 4 is 5.97 Å². The number of rotatable bonds is 4. The van der Waals surface area contributed by atoms with Gasteiger partial charge < -0.3 is 5.11 Å². The maximum atomic E-state index is 10.1. The molecule has 1 rings (SSSR count). The van der Waals surface area contributed by atoms with Crippen LogP contribution in [0.15, 0.2) is 30.6 Å². The first kappa shape index (κ1) is 8.52. The van der Waals surface area contributed by atoms with Crippen LogP contribution in [0.4, 0.5) is 0 Å². The van der Waals surface area contributed by atoms with Crippen LogP contribution in [0.1, 0.15) is 6.42 Å². The van der Waals surface area contributed by atoms with Gasteiger partial charge in [-0.25, -0.2) is 0 Å². The van der Waals surface area contributed by atoms with Crippen LogP contribution in [0.25, 0.3) is 0 Å². The van der Waals surface area contributed by atoms with Gasteiger partial charge in [0.05, 0.1) is 6.42 Å². The lowest BCUT2D eigenvalue weighted by Gasteiger charge is -1.94. The molecule has 1 heterocycles. The number of aliphatic carboxylic acids is 1. The van der Waals surface area contributed by atoms with Gasteiger partial charge in [-0.1, -0.05) is 6.07 Å². The van der Waals surface area contributed by atoms with Gasteiger partial charge in [-0.3, -0.25) is 9.63 Å². The molecule has 0 atom stereocenters. The molecule has 12 heavy (non-hydrogen) atoms. The Kier molecular flexibility index (Phi) is 3.07. The average Bonchev–Trinajstić information content (AvgIpc) is 2.05. The number of nitrogens with zero attached hydrogens (tertiary/aromatic N) is 1. The van der Waals surface area contributed by atoms with E-state index in [0.29, 0.717) is 0 Å². The fraction of sp³-hybridized carbons (Fsp3) is 0.250. The Bertz CT molecular complexity index is 248. The zero-order valence-electron chi connectivity index (χ0n) is 6.51. The van der Waals surface area contributed by atoms with E-state index in [-0.39, 0.29) is 13.0 Å². The van der Waals surface area contributed by atoms with Gasteiger partial charge in [0.2, 0.25) is 12.4 Å². The normalized spacial score (nSPS) is 9.33. The Morgan fingerprint density at radius 2 is 2.00 bits per heavy atom. The van der Waals surface area contributed by atoms with Crippen LogP contribution in [-0.2, 0) is 4.79 Å². The van der Waals surface area contributed by atoms with E-state index in [9.17, 15) is 4.79 Å². The van der Waals surface area contributed by atoms with Crippen molar-refractivity contribution in [1.29, 1.82) is 0 Å². The Balaban J connectivity index is 2.29. The highest BCUT2D eigenvalue weighted by atomic mass is 16.7. The molecule has 4 nitrogen and oxygen atoms in total. The quantitative estimate of drug-likeness (QED) is 0.637. The first-order chi connectivity index (χ1) is 5.79. The van der Waals surface area contributed by atoms with Crippen LogP contribution in [0, 0.1) is 0 Å². The summed E-state index contributed by atoms with van der Waals surface area (Å²) >= 11 is 0. The maximum absolute atomic E-state index is 10.1. The number of aromatic nitrogens is 1. The van der Waals surface area contributed by atoms with Gasteiger partial charge in [0, 0.05) is 16.9 Å². The number of hydrogen-bond donors (Lipinski definition) is 1. The highest BCUT2D eigenvalue weighted by Gasteiger charge is 2.01. The summed E-state index contributed by atoms with van der Waals surface area (Å²) < 4.78 is 1.48. The van der Waals surface area contributed by atoms with Crippen molar-refractivity contribution in [2.75, 3.05) is 6.61 Å². The molecule has 0 aliphatic rings. The van der Waals surface area contributed by atoms with E-state index in [0.717, 1.165) is 0 Å². The number of hydrogen-bond acceptors (Lipinski definition) is 2. The molecule has 0 fully saturated rings. The summed E-state index contributed by atoms with van der Waals surface area (Å²) in [4.78, 5) is 15.2. The van der Waals surface area contributed by atoms with Gasteiger partial charge in [0.1, 0.15) is 0 Å². The molecule has 1 N–H and O–H groups in total. The summed E-state index contributed by atoms with van der Waals surface area (Å²) in [6.45, 7) is 0.185. The zero-order valence-corrected chi connectivity index (χ0v) is 6.51. The first-order valence-electron chi connectivity index (χ1n) is 3.60. The summed E-state index contributed by atoms with van der Waals surface area (Å²) in [5.41, 5.74) is 0. The number of carboxylic acid groups (broad SMARTS) is 1. The third kappa shape index (κ3) is 3.01. The van der Waals surface area contributed by atoms with Gasteiger partial charge in [-0.15, -0.1) is 0 Å². The SMILES string of the molecule is O=C(O)CCO[n+]1ccccc1. The molecule has 0 saturated carbocycles. The van der Waals surface area contributed by atoms with Gasteiger partial charge in [0.15, 0.2) is 6.61 Å². The molecule has 0 aliphatic heterocycles. The summed E-state index contributed by atoms with van der Waals surface area (Å²) in [5.74, 6) is -0.855. The predicted octanol–water partition coefficient (Wildman–Crippen LogP) is -0.123. The smallest absolute Gasteiger partial charge is 0.307 e. The topological polar surface area (TPSA) is 50.4 Å². The Morgan fingerprint density at radius 3 is 2.58 bits per heavy atom. The van der Waals surface area contributed by atoms with E-state index < -0.39 is 5.97 Å². The zero-order chi connectivity index (χ0) is 8.81. The van der Waals surface area contributed by atoms with Gasteiger partial charge in [-0.2, -0.15) is 0 Å². The molecular weight excluding hydrogens is 158 g/mol. The Hall–Kier alpha value is -1.58. The van der Waals surface area contributed by atoms with Crippen molar-refractivity contribution in [2.45, 2.75) is 6.42 Å². The van der Waals surface area contributed by atoms with Crippen molar-refractivity contribution in [3.8, 4) is 0 Å². The molecule has 0 spiro atoms. The molecule has 1 aromatic rings. The summed E-state index contributed by atoms with van der Waals surface area (Å²) in [6, 6.07) is 5.47. The van der Waals surface area contributed by atoms with Crippen LogP contribution in [0.2, 0.25) is 0 Å². The fourth-order valence-corrected chi connectivity index (χ4v) is 0.707. The molecule has 0 unspecified atom stereocenters. The van der Waals surface area contributed by atoms with E-state index in [4.69, 9.17) is 9.94 Å². The molecule has 0 amide bonds. The summed E-state index contributed by atoms with van der Waals surface area (Å²) in [5, 5.41) is 8.30. The minimum absolute atomic E-state index is 0.0158. The van der Waals surface area contributed by atoms with Crippen LogP contribution in [-0.4, -0.2) is 17.7 Å². The minimum Gasteiger partial charge on any atom is -0.481 e. The third-order valence-electron chi connectivity index (χ3n) is 1.24. The first-order valence-corrected chi connectivity index (χ1v) is 3.60. The molecule has 4 heteroatoms. The molecule has 0 radical (unpaired) electrons. The van der Waals surface area contributed by atoms with Crippen LogP contribution in [0.3, 0.4) is 0 Å². The lowest BCUT2D eigenvalue weighted by Crippen LogP contribution is -2.42. The lowest BCUT2D eigenvalue weighted by atomic mass is 10.5. The summed E-state index contributed by atoms with van der Waals surface area (Å²) in [6.07, 6.45) is 3.44. The number of carbonyl (C=O) groups is 1. The van der Waals surface area contributed by atoms with Crippen molar-refractivity contribution in [2.24, 2.45) is 0 Å². The highest BCUT2D eigenvalue weighted by molar-refractivity contribution is 5.66. The van der Waals surface area contributed by atoms with E-state index >= 15 is 0 Å². The van der Waals surface area contributed by atoms with Crippen molar-refractivity contribution in [1.82, 2.24) is 0 Å². The second-order valence-corrected chi connectivity index (χ2v) is 2.21. The minimum atomic E-state index is -0.855. The fourth-order valence-electron chi connectivity index (χ4n) is 0.707. The second kappa shape index (κ2) is 4.33. The molecule has 64 valence electrons. The van der Waals surface area contributed by atoms with E-state index in [1.165, 1.54) is 4.73 Å².